The van der Waals surface area contributed by atoms with Gasteiger partial charge in [0.2, 0.25) is 5.91 Å². The number of nitrogens with zero attached hydrogens (tertiary/aromatic N) is 2. The lowest BCUT2D eigenvalue weighted by molar-refractivity contribution is -0.121. The van der Waals surface area contributed by atoms with Crippen molar-refractivity contribution in [1.29, 1.82) is 0 Å². The molecular formula is C22H19N3O3S. The van der Waals surface area contributed by atoms with Crippen LogP contribution in [-0.4, -0.2) is 28.6 Å². The van der Waals surface area contributed by atoms with Crippen molar-refractivity contribution in [1.82, 2.24) is 14.9 Å². The molecule has 0 bridgehead atoms. The highest BCUT2D eigenvalue weighted by atomic mass is 32.1. The van der Waals surface area contributed by atoms with Crippen LogP contribution in [0.3, 0.4) is 0 Å². The molecule has 29 heavy (non-hydrogen) atoms. The highest BCUT2D eigenvalue weighted by Crippen LogP contribution is 2.30. The Hall–Kier alpha value is -3.45. The van der Waals surface area contributed by atoms with Gasteiger partial charge in [-0.05, 0) is 23.8 Å². The summed E-state index contributed by atoms with van der Waals surface area (Å²) in [6, 6.07) is 21.1. The first-order valence-electron chi connectivity index (χ1n) is 9.19. The van der Waals surface area contributed by atoms with Crippen LogP contribution >= 0.6 is 11.3 Å². The number of thiophene rings is 1. The molecule has 0 aliphatic rings. The number of fused-ring (bicyclic) bond motifs is 1. The summed E-state index contributed by atoms with van der Waals surface area (Å²) < 4.78 is 6.87. The standard InChI is InChI=1S/C22H19N3O3S/c26-20(23-11-12-28-17-9-5-2-6-10-17)14-25-15-24-21-18(22(25)27)13-19(29-21)16-7-3-1-4-8-16/h1-10,13,15H,11-12,14H2,(H,23,26). The van der Waals surface area contributed by atoms with E-state index in [1.54, 1.807) is 0 Å². The molecule has 0 aliphatic heterocycles. The van der Waals surface area contributed by atoms with Crippen molar-refractivity contribution >= 4 is 27.5 Å². The SMILES string of the molecule is O=C(Cn1cnc2sc(-c3ccccc3)cc2c1=O)NCCOc1ccccc1. The van der Waals surface area contributed by atoms with Crippen LogP contribution < -0.4 is 15.6 Å². The van der Waals surface area contributed by atoms with Gasteiger partial charge in [-0.3, -0.25) is 14.2 Å². The molecule has 0 saturated heterocycles. The monoisotopic (exact) mass is 405 g/mol. The second kappa shape index (κ2) is 8.70. The van der Waals surface area contributed by atoms with E-state index in [-0.39, 0.29) is 18.0 Å². The Morgan fingerprint density at radius 3 is 2.55 bits per heavy atom. The van der Waals surface area contributed by atoms with Crippen LogP contribution in [0.5, 0.6) is 5.75 Å². The number of hydrogen-bond acceptors (Lipinski definition) is 5. The average Bonchev–Trinajstić information content (AvgIpc) is 3.20. The van der Waals surface area contributed by atoms with Gasteiger partial charge in [0.05, 0.1) is 18.3 Å². The summed E-state index contributed by atoms with van der Waals surface area (Å²) in [6.45, 7) is 0.630. The summed E-state index contributed by atoms with van der Waals surface area (Å²) in [5.74, 6) is 0.489. The lowest BCUT2D eigenvalue weighted by atomic mass is 10.2. The highest BCUT2D eigenvalue weighted by Gasteiger charge is 2.12. The van der Waals surface area contributed by atoms with E-state index in [2.05, 4.69) is 10.3 Å². The fraction of sp³-hybridized carbons (Fsp3) is 0.136. The first-order valence-corrected chi connectivity index (χ1v) is 10.0. The molecule has 0 fully saturated rings. The quantitative estimate of drug-likeness (QED) is 0.479. The average molecular weight is 405 g/mol. The third kappa shape index (κ3) is 4.52. The zero-order valence-corrected chi connectivity index (χ0v) is 16.4. The summed E-state index contributed by atoms with van der Waals surface area (Å²) in [7, 11) is 0. The number of para-hydroxylation sites is 1. The van der Waals surface area contributed by atoms with Crippen molar-refractivity contribution in [2.45, 2.75) is 6.54 Å². The molecule has 7 heteroatoms. The minimum Gasteiger partial charge on any atom is -0.492 e. The molecule has 2 aromatic heterocycles. The Balaban J connectivity index is 1.39. The molecule has 4 rings (SSSR count). The first kappa shape index (κ1) is 18.9. The van der Waals surface area contributed by atoms with Gasteiger partial charge in [-0.1, -0.05) is 48.5 Å². The Bertz CT molecular complexity index is 1170. The Morgan fingerprint density at radius 1 is 1.07 bits per heavy atom. The molecule has 2 heterocycles. The largest absolute Gasteiger partial charge is 0.492 e. The molecule has 0 unspecified atom stereocenters. The van der Waals surface area contributed by atoms with Gasteiger partial charge in [0.25, 0.3) is 5.56 Å². The van der Waals surface area contributed by atoms with Crippen molar-refractivity contribution in [3.8, 4) is 16.2 Å². The molecule has 0 saturated carbocycles. The number of hydrogen-bond donors (Lipinski definition) is 1. The molecule has 2 aromatic carbocycles. The predicted molar refractivity (Wildman–Crippen MR) is 114 cm³/mol. The van der Waals surface area contributed by atoms with Gasteiger partial charge < -0.3 is 10.1 Å². The topological polar surface area (TPSA) is 73.2 Å². The summed E-state index contributed by atoms with van der Waals surface area (Å²) in [4.78, 5) is 30.9. The van der Waals surface area contributed by atoms with E-state index in [0.29, 0.717) is 23.4 Å². The van der Waals surface area contributed by atoms with Crippen LogP contribution in [-0.2, 0) is 11.3 Å². The van der Waals surface area contributed by atoms with Crippen LogP contribution in [0.2, 0.25) is 0 Å². The molecule has 4 aromatic rings. The van der Waals surface area contributed by atoms with Crippen LogP contribution in [0.4, 0.5) is 0 Å². The fourth-order valence-electron chi connectivity index (χ4n) is 2.90. The Morgan fingerprint density at radius 2 is 1.79 bits per heavy atom. The molecule has 0 aliphatic carbocycles. The lowest BCUT2D eigenvalue weighted by Crippen LogP contribution is -2.34. The van der Waals surface area contributed by atoms with Gasteiger partial charge in [-0.25, -0.2) is 4.98 Å². The normalized spacial score (nSPS) is 10.8. The second-order valence-corrected chi connectivity index (χ2v) is 7.42. The number of benzene rings is 2. The maximum absolute atomic E-state index is 12.7. The zero-order valence-electron chi connectivity index (χ0n) is 15.6. The maximum atomic E-state index is 12.7. The first-order chi connectivity index (χ1) is 14.2. The highest BCUT2D eigenvalue weighted by molar-refractivity contribution is 7.21. The summed E-state index contributed by atoms with van der Waals surface area (Å²) in [5, 5.41) is 3.28. The van der Waals surface area contributed by atoms with E-state index in [1.807, 2.05) is 66.7 Å². The number of carbonyl (C=O) groups excluding carboxylic acids is 1. The van der Waals surface area contributed by atoms with Crippen molar-refractivity contribution in [3.05, 3.63) is 83.4 Å². The van der Waals surface area contributed by atoms with E-state index >= 15 is 0 Å². The molecule has 1 N–H and O–H groups in total. The van der Waals surface area contributed by atoms with Crippen LogP contribution in [0, 0.1) is 0 Å². The number of nitrogens with one attached hydrogen (secondary N) is 1. The third-order valence-corrected chi connectivity index (χ3v) is 5.42. The molecule has 6 nitrogen and oxygen atoms in total. The summed E-state index contributed by atoms with van der Waals surface area (Å²) in [5.41, 5.74) is 0.821. The summed E-state index contributed by atoms with van der Waals surface area (Å²) in [6.07, 6.45) is 1.43. The maximum Gasteiger partial charge on any atom is 0.262 e. The van der Waals surface area contributed by atoms with Gasteiger partial charge in [0.15, 0.2) is 0 Å². The number of aromatic nitrogens is 2. The lowest BCUT2D eigenvalue weighted by Gasteiger charge is -2.08. The molecule has 0 atom stereocenters. The van der Waals surface area contributed by atoms with Crippen LogP contribution in [0.15, 0.2) is 77.9 Å². The van der Waals surface area contributed by atoms with E-state index in [9.17, 15) is 9.59 Å². The van der Waals surface area contributed by atoms with E-state index in [1.165, 1.54) is 22.2 Å². The van der Waals surface area contributed by atoms with E-state index < -0.39 is 0 Å². The minimum absolute atomic E-state index is 0.0797. The van der Waals surface area contributed by atoms with Crippen LogP contribution in [0.1, 0.15) is 0 Å². The van der Waals surface area contributed by atoms with Gasteiger partial charge in [0, 0.05) is 4.88 Å². The van der Waals surface area contributed by atoms with Crippen molar-refractivity contribution in [2.24, 2.45) is 0 Å². The summed E-state index contributed by atoms with van der Waals surface area (Å²) >= 11 is 1.47. The number of rotatable bonds is 7. The molecule has 1 amide bonds. The van der Waals surface area contributed by atoms with Crippen molar-refractivity contribution < 1.29 is 9.53 Å². The molecule has 146 valence electrons. The van der Waals surface area contributed by atoms with Crippen molar-refractivity contribution in [2.75, 3.05) is 13.2 Å². The minimum atomic E-state index is -0.261. The smallest absolute Gasteiger partial charge is 0.262 e. The molecule has 0 spiro atoms. The van der Waals surface area contributed by atoms with E-state index in [4.69, 9.17) is 4.74 Å². The fourth-order valence-corrected chi connectivity index (χ4v) is 3.90. The number of ether oxygens (including phenoxy) is 1. The van der Waals surface area contributed by atoms with E-state index in [0.717, 1.165) is 16.2 Å². The second-order valence-electron chi connectivity index (χ2n) is 6.38. The van der Waals surface area contributed by atoms with Gasteiger partial charge in [-0.2, -0.15) is 0 Å². The van der Waals surface area contributed by atoms with Gasteiger partial charge in [0.1, 0.15) is 23.7 Å². The Labute approximate surface area is 171 Å². The number of carbonyl (C=O) groups is 1. The third-order valence-electron chi connectivity index (χ3n) is 4.33. The van der Waals surface area contributed by atoms with Gasteiger partial charge >= 0.3 is 0 Å². The molecule has 0 radical (unpaired) electrons. The number of amides is 1. The predicted octanol–water partition coefficient (Wildman–Crippen LogP) is 3.32. The Kier molecular flexibility index (Phi) is 5.67. The van der Waals surface area contributed by atoms with Gasteiger partial charge in [-0.15, -0.1) is 11.3 Å². The molecular weight excluding hydrogens is 386 g/mol. The zero-order chi connectivity index (χ0) is 20.1. The van der Waals surface area contributed by atoms with Crippen LogP contribution in [0.25, 0.3) is 20.7 Å². The van der Waals surface area contributed by atoms with Crippen molar-refractivity contribution in [3.63, 3.8) is 0 Å².